The number of rotatable bonds is 4. The quantitative estimate of drug-likeness (QED) is 0.808. The number of carbonyl (C=O) groups excluding carboxylic acids is 1. The minimum absolute atomic E-state index is 0.102. The van der Waals surface area contributed by atoms with Gasteiger partial charge in [-0.1, -0.05) is 13.8 Å². The van der Waals surface area contributed by atoms with Crippen molar-refractivity contribution in [2.75, 3.05) is 13.1 Å². The summed E-state index contributed by atoms with van der Waals surface area (Å²) in [5, 5.41) is 3.24. The van der Waals surface area contributed by atoms with Gasteiger partial charge in [-0.2, -0.15) is 0 Å². The Morgan fingerprint density at radius 2 is 2.43 bits per heavy atom. The first kappa shape index (κ1) is 12.4. The third kappa shape index (κ3) is 2.46. The van der Waals surface area contributed by atoms with Gasteiger partial charge < -0.3 is 5.32 Å². The zero-order valence-corrected chi connectivity index (χ0v) is 11.0. The molecule has 1 aliphatic heterocycles. The van der Waals surface area contributed by atoms with Gasteiger partial charge in [0.15, 0.2) is 11.4 Å². The maximum Gasteiger partial charge on any atom is 0.169 e. The molecule has 4 heteroatoms. The van der Waals surface area contributed by atoms with Gasteiger partial charge in [-0.25, -0.2) is 0 Å². The van der Waals surface area contributed by atoms with Crippen LogP contribution in [0.1, 0.15) is 33.1 Å². The van der Waals surface area contributed by atoms with Gasteiger partial charge in [0.2, 0.25) is 0 Å². The molecule has 1 fully saturated rings. The second-order valence-electron chi connectivity index (χ2n) is 4.03. The summed E-state index contributed by atoms with van der Waals surface area (Å²) in [6.07, 6.45) is 2.76. The van der Waals surface area contributed by atoms with Crippen LogP contribution in [0.15, 0.2) is 0 Å². The summed E-state index contributed by atoms with van der Waals surface area (Å²) in [4.78, 5) is 12.1. The zero-order valence-electron chi connectivity index (χ0n) is 8.81. The second kappa shape index (κ2) is 5.42. The van der Waals surface area contributed by atoms with Crippen LogP contribution in [-0.4, -0.2) is 24.5 Å². The summed E-state index contributed by atoms with van der Waals surface area (Å²) in [6, 6.07) is 0. The fourth-order valence-corrected chi connectivity index (χ4v) is 2.42. The molecule has 2 unspecified atom stereocenters. The number of Topliss-reactive ketones (excluding diaryl/α,β-unsaturated/α-hetero) is 1. The van der Waals surface area contributed by atoms with Gasteiger partial charge in [0, 0.05) is 12.5 Å². The Hall–Kier alpha value is 0.320. The van der Waals surface area contributed by atoms with Gasteiger partial charge in [-0.05, 0) is 25.8 Å². The molecule has 0 aromatic heterocycles. The van der Waals surface area contributed by atoms with E-state index in [0.29, 0.717) is 6.54 Å². The molecule has 1 N–H and O–H groups in total. The number of nitrogens with one attached hydrogen (secondary N) is 1. The maximum absolute atomic E-state index is 12.1. The number of ketones is 1. The van der Waals surface area contributed by atoms with Gasteiger partial charge >= 0.3 is 0 Å². The summed E-state index contributed by atoms with van der Waals surface area (Å²) in [5.41, 5.74) is -0.561. The van der Waals surface area contributed by atoms with E-state index in [1.807, 2.05) is 36.9 Å². The molecule has 0 bridgehead atoms. The highest BCUT2D eigenvalue weighted by molar-refractivity contribution is 14.1. The second-order valence-corrected chi connectivity index (χ2v) is 4.47. The van der Waals surface area contributed by atoms with Crippen molar-refractivity contribution in [1.29, 1.82) is 0 Å². The SMILES string of the molecule is CCC(C)C(=O)C1(OI)CCCNC1. The average molecular weight is 311 g/mol. The average Bonchev–Trinajstić information content (AvgIpc) is 2.28. The Morgan fingerprint density at radius 3 is 2.86 bits per heavy atom. The lowest BCUT2D eigenvalue weighted by atomic mass is 9.83. The molecule has 0 spiro atoms. The zero-order chi connectivity index (χ0) is 10.6. The van der Waals surface area contributed by atoms with E-state index in [4.69, 9.17) is 3.07 Å². The van der Waals surface area contributed by atoms with Gasteiger partial charge in [0.05, 0.1) is 0 Å². The number of hydrogen-bond donors (Lipinski definition) is 1. The number of carbonyl (C=O) groups is 1. The van der Waals surface area contributed by atoms with Crippen molar-refractivity contribution in [2.24, 2.45) is 5.92 Å². The Bertz CT molecular complexity index is 202. The number of hydrogen-bond acceptors (Lipinski definition) is 3. The van der Waals surface area contributed by atoms with Crippen LogP contribution >= 0.6 is 23.0 Å². The van der Waals surface area contributed by atoms with Crippen molar-refractivity contribution in [3.63, 3.8) is 0 Å². The fraction of sp³-hybridized carbons (Fsp3) is 0.900. The standard InChI is InChI=1S/C10H18INO2/c1-3-8(2)9(13)10(14-11)5-4-6-12-7-10/h8,12H,3-7H2,1-2H3. The highest BCUT2D eigenvalue weighted by Crippen LogP contribution is 2.28. The van der Waals surface area contributed by atoms with Crippen molar-refractivity contribution in [3.8, 4) is 0 Å². The first-order valence-electron chi connectivity index (χ1n) is 5.21. The minimum atomic E-state index is -0.561. The molecule has 0 aliphatic carbocycles. The molecule has 1 rings (SSSR count). The van der Waals surface area contributed by atoms with Crippen LogP contribution in [0.3, 0.4) is 0 Å². The smallest absolute Gasteiger partial charge is 0.169 e. The van der Waals surface area contributed by atoms with E-state index in [0.717, 1.165) is 25.8 Å². The topological polar surface area (TPSA) is 38.3 Å². The van der Waals surface area contributed by atoms with Crippen LogP contribution in [-0.2, 0) is 7.86 Å². The summed E-state index contributed by atoms with van der Waals surface area (Å²) in [7, 11) is 0. The maximum atomic E-state index is 12.1. The van der Waals surface area contributed by atoms with Crippen LogP contribution in [0.4, 0.5) is 0 Å². The van der Waals surface area contributed by atoms with E-state index in [1.54, 1.807) is 0 Å². The molecule has 3 nitrogen and oxygen atoms in total. The highest BCUT2D eigenvalue weighted by atomic mass is 127. The van der Waals surface area contributed by atoms with Crippen LogP contribution in [0, 0.1) is 5.92 Å². The van der Waals surface area contributed by atoms with E-state index in [1.165, 1.54) is 0 Å². The van der Waals surface area contributed by atoms with E-state index in [-0.39, 0.29) is 11.7 Å². The first-order valence-corrected chi connectivity index (χ1v) is 6.09. The largest absolute Gasteiger partial charge is 0.313 e. The number of piperidine rings is 1. The first-order chi connectivity index (χ1) is 6.66. The number of halogens is 1. The van der Waals surface area contributed by atoms with Crippen LogP contribution in [0.5, 0.6) is 0 Å². The molecule has 82 valence electrons. The van der Waals surface area contributed by atoms with Crippen LogP contribution < -0.4 is 5.32 Å². The van der Waals surface area contributed by atoms with Crippen molar-refractivity contribution < 1.29 is 7.86 Å². The molecule has 0 radical (unpaired) electrons. The molecule has 1 heterocycles. The predicted molar refractivity (Wildman–Crippen MR) is 64.4 cm³/mol. The van der Waals surface area contributed by atoms with Gasteiger partial charge in [-0.3, -0.25) is 7.86 Å². The van der Waals surface area contributed by atoms with Crippen molar-refractivity contribution in [1.82, 2.24) is 5.32 Å². The van der Waals surface area contributed by atoms with Crippen molar-refractivity contribution in [2.45, 2.75) is 38.7 Å². The Morgan fingerprint density at radius 1 is 1.71 bits per heavy atom. The summed E-state index contributed by atoms with van der Waals surface area (Å²) < 4.78 is 5.42. The Balaban J connectivity index is 2.72. The predicted octanol–water partition coefficient (Wildman–Crippen LogP) is 2.09. The van der Waals surface area contributed by atoms with Gasteiger partial charge in [0.1, 0.15) is 23.0 Å². The van der Waals surface area contributed by atoms with Crippen LogP contribution in [0.25, 0.3) is 0 Å². The molecule has 0 amide bonds. The monoisotopic (exact) mass is 311 g/mol. The summed E-state index contributed by atoms with van der Waals surface area (Å²) >= 11 is 1.86. The van der Waals surface area contributed by atoms with Crippen LogP contribution in [0.2, 0.25) is 0 Å². The van der Waals surface area contributed by atoms with E-state index < -0.39 is 5.60 Å². The van der Waals surface area contributed by atoms with Crippen molar-refractivity contribution >= 4 is 28.8 Å². The lowest BCUT2D eigenvalue weighted by Crippen LogP contribution is -2.53. The third-order valence-corrected chi connectivity index (χ3v) is 3.84. The Kier molecular flexibility index (Phi) is 4.79. The minimum Gasteiger partial charge on any atom is -0.313 e. The molecule has 0 aromatic rings. The summed E-state index contributed by atoms with van der Waals surface area (Å²) in [6.45, 7) is 5.68. The lowest BCUT2D eigenvalue weighted by Gasteiger charge is -2.35. The molecule has 0 saturated carbocycles. The lowest BCUT2D eigenvalue weighted by molar-refractivity contribution is -0.137. The highest BCUT2D eigenvalue weighted by Gasteiger charge is 2.41. The summed E-state index contributed by atoms with van der Waals surface area (Å²) in [5.74, 6) is 0.353. The van der Waals surface area contributed by atoms with Gasteiger partial charge in [-0.15, -0.1) is 0 Å². The van der Waals surface area contributed by atoms with E-state index in [9.17, 15) is 4.79 Å². The van der Waals surface area contributed by atoms with E-state index in [2.05, 4.69) is 5.32 Å². The van der Waals surface area contributed by atoms with Gasteiger partial charge in [0.25, 0.3) is 0 Å². The fourth-order valence-electron chi connectivity index (χ4n) is 1.83. The molecule has 2 atom stereocenters. The van der Waals surface area contributed by atoms with E-state index >= 15 is 0 Å². The molecule has 1 aliphatic rings. The molecular formula is C10H18INO2. The normalized spacial score (nSPS) is 29.9. The third-order valence-electron chi connectivity index (χ3n) is 3.00. The molecule has 14 heavy (non-hydrogen) atoms. The molecule has 0 aromatic carbocycles. The van der Waals surface area contributed by atoms with Crippen molar-refractivity contribution in [3.05, 3.63) is 0 Å². The Labute approximate surface area is 99.7 Å². The molecule has 1 saturated heterocycles. The molecular weight excluding hydrogens is 293 g/mol.